The number of benzene rings is 1. The fraction of sp³-hybridized carbons (Fsp3) is 0.263. The Kier molecular flexibility index (Phi) is 5.97. The summed E-state index contributed by atoms with van der Waals surface area (Å²) >= 11 is 6.10. The van der Waals surface area contributed by atoms with E-state index in [9.17, 15) is 14.0 Å². The first-order valence-corrected chi connectivity index (χ1v) is 9.17. The van der Waals surface area contributed by atoms with Gasteiger partial charge >= 0.3 is 5.97 Å². The van der Waals surface area contributed by atoms with Gasteiger partial charge in [-0.15, -0.1) is 0 Å². The van der Waals surface area contributed by atoms with E-state index in [1.807, 2.05) is 0 Å². The molecular formula is C19H19ClFN5O3. The second-order valence-corrected chi connectivity index (χ2v) is 6.88. The lowest BCUT2D eigenvalue weighted by molar-refractivity contribution is -0.137. The van der Waals surface area contributed by atoms with Gasteiger partial charge in [0.2, 0.25) is 0 Å². The normalized spacial score (nSPS) is 10.9. The minimum absolute atomic E-state index is 0.0887. The number of hydrogen-bond acceptors (Lipinski definition) is 4. The Bertz CT molecular complexity index is 1080. The molecule has 8 nitrogen and oxygen atoms in total. The lowest BCUT2D eigenvalue weighted by Gasteiger charge is -2.09. The monoisotopic (exact) mass is 419 g/mol. The number of halogens is 2. The number of aromatic nitrogens is 4. The van der Waals surface area contributed by atoms with Gasteiger partial charge in [0.15, 0.2) is 0 Å². The molecule has 29 heavy (non-hydrogen) atoms. The number of nitrogens with one attached hydrogen (secondary N) is 1. The number of aliphatic carboxylic acids is 1. The smallest absolute Gasteiger partial charge is 0.305 e. The highest BCUT2D eigenvalue weighted by Gasteiger charge is 2.19. The molecule has 10 heteroatoms. The Labute approximate surface area is 170 Å². The quantitative estimate of drug-likeness (QED) is 0.612. The number of amides is 1. The second kappa shape index (κ2) is 8.44. The van der Waals surface area contributed by atoms with Crippen LogP contribution in [0.4, 0.5) is 10.1 Å². The minimum Gasteiger partial charge on any atom is -0.481 e. The van der Waals surface area contributed by atoms with Gasteiger partial charge in [-0.25, -0.2) is 4.39 Å². The summed E-state index contributed by atoms with van der Waals surface area (Å²) in [5.41, 5.74) is 2.79. The number of carbonyl (C=O) groups is 2. The maximum Gasteiger partial charge on any atom is 0.305 e. The molecule has 0 unspecified atom stereocenters. The number of carboxylic acids is 1. The van der Waals surface area contributed by atoms with Crippen LogP contribution in [0.5, 0.6) is 0 Å². The van der Waals surface area contributed by atoms with Crippen LogP contribution in [0.1, 0.15) is 33.9 Å². The Morgan fingerprint density at radius 1 is 1.24 bits per heavy atom. The Morgan fingerprint density at radius 3 is 2.69 bits per heavy atom. The van der Waals surface area contributed by atoms with Crippen molar-refractivity contribution < 1.29 is 19.1 Å². The summed E-state index contributed by atoms with van der Waals surface area (Å²) in [5.74, 6) is -1.81. The van der Waals surface area contributed by atoms with Crippen LogP contribution in [-0.2, 0) is 17.9 Å². The molecule has 1 aromatic carbocycles. The zero-order valence-corrected chi connectivity index (χ0v) is 16.6. The first-order chi connectivity index (χ1) is 13.8. The van der Waals surface area contributed by atoms with Crippen molar-refractivity contribution in [3.05, 3.63) is 63.9 Å². The Morgan fingerprint density at radius 2 is 2.00 bits per heavy atom. The number of rotatable bonds is 7. The molecule has 0 radical (unpaired) electrons. The fourth-order valence-corrected chi connectivity index (χ4v) is 3.15. The van der Waals surface area contributed by atoms with Crippen molar-refractivity contribution in [2.75, 3.05) is 5.32 Å². The molecule has 0 saturated carbocycles. The summed E-state index contributed by atoms with van der Waals surface area (Å²) in [6.07, 6.45) is 1.30. The molecule has 2 N–H and O–H groups in total. The number of anilines is 1. The van der Waals surface area contributed by atoms with Crippen LogP contribution in [0.2, 0.25) is 5.02 Å². The van der Waals surface area contributed by atoms with Gasteiger partial charge in [-0.3, -0.25) is 19.0 Å². The Balaban J connectivity index is 1.79. The van der Waals surface area contributed by atoms with Gasteiger partial charge in [-0.05, 0) is 37.6 Å². The van der Waals surface area contributed by atoms with Gasteiger partial charge in [0.25, 0.3) is 5.91 Å². The standard InChI is InChI=1S/C19H19ClFN5O3/c1-11-18(23-19(29)16-5-7-22-25(16)8-6-17(27)28)12(2)26(24-11)10-13-3-4-14(21)9-15(13)20/h3-5,7,9H,6,8,10H2,1-2H3,(H,23,29)(H,27,28). The number of carbonyl (C=O) groups excluding carboxylic acids is 1. The number of nitrogens with zero attached hydrogens (tertiary/aromatic N) is 4. The van der Waals surface area contributed by atoms with Gasteiger partial charge in [0, 0.05) is 11.2 Å². The van der Waals surface area contributed by atoms with E-state index in [4.69, 9.17) is 16.7 Å². The molecule has 152 valence electrons. The second-order valence-electron chi connectivity index (χ2n) is 6.48. The van der Waals surface area contributed by atoms with E-state index in [1.54, 1.807) is 24.6 Å². The topological polar surface area (TPSA) is 102 Å². The molecule has 2 aromatic heterocycles. The first kappa shape index (κ1) is 20.5. The first-order valence-electron chi connectivity index (χ1n) is 8.79. The molecule has 0 atom stereocenters. The Hall–Kier alpha value is -3.20. The number of carboxylic acid groups (broad SMARTS) is 1. The SMILES string of the molecule is Cc1nn(Cc2ccc(F)cc2Cl)c(C)c1NC(=O)c1ccnn1CCC(=O)O. The molecule has 3 rings (SSSR count). The summed E-state index contributed by atoms with van der Waals surface area (Å²) in [4.78, 5) is 23.5. The van der Waals surface area contributed by atoms with Crippen LogP contribution in [0.15, 0.2) is 30.5 Å². The lowest BCUT2D eigenvalue weighted by Crippen LogP contribution is -2.19. The molecule has 0 bridgehead atoms. The van der Waals surface area contributed by atoms with Crippen molar-refractivity contribution in [2.24, 2.45) is 0 Å². The molecule has 0 aliphatic heterocycles. The van der Waals surface area contributed by atoms with Crippen molar-refractivity contribution in [1.82, 2.24) is 19.6 Å². The van der Waals surface area contributed by atoms with E-state index in [1.165, 1.54) is 29.1 Å². The summed E-state index contributed by atoms with van der Waals surface area (Å²) in [6.45, 7) is 3.96. The van der Waals surface area contributed by atoms with Gasteiger partial charge in [-0.2, -0.15) is 10.2 Å². The molecule has 0 aliphatic rings. The zero-order chi connectivity index (χ0) is 21.1. The maximum atomic E-state index is 13.2. The maximum absolute atomic E-state index is 13.2. The third kappa shape index (κ3) is 4.62. The molecule has 2 heterocycles. The van der Waals surface area contributed by atoms with Crippen molar-refractivity contribution >= 4 is 29.2 Å². The fourth-order valence-electron chi connectivity index (χ4n) is 2.93. The van der Waals surface area contributed by atoms with Crippen molar-refractivity contribution in [1.29, 1.82) is 0 Å². The third-order valence-corrected chi connectivity index (χ3v) is 4.79. The van der Waals surface area contributed by atoms with E-state index in [-0.39, 0.29) is 18.7 Å². The zero-order valence-electron chi connectivity index (χ0n) is 15.8. The highest BCUT2D eigenvalue weighted by molar-refractivity contribution is 6.31. The van der Waals surface area contributed by atoms with Crippen LogP contribution >= 0.6 is 11.6 Å². The van der Waals surface area contributed by atoms with Gasteiger partial charge in [0.1, 0.15) is 11.5 Å². The molecule has 0 aliphatic carbocycles. The van der Waals surface area contributed by atoms with Crippen LogP contribution in [0, 0.1) is 19.7 Å². The number of hydrogen-bond donors (Lipinski definition) is 2. The molecule has 0 fully saturated rings. The van der Waals surface area contributed by atoms with Crippen molar-refractivity contribution in [3.63, 3.8) is 0 Å². The summed E-state index contributed by atoms with van der Waals surface area (Å²) in [5, 5.41) is 20.4. The highest BCUT2D eigenvalue weighted by atomic mass is 35.5. The minimum atomic E-state index is -0.973. The predicted molar refractivity (Wildman–Crippen MR) is 105 cm³/mol. The van der Waals surface area contributed by atoms with Crippen LogP contribution in [0.3, 0.4) is 0 Å². The van der Waals surface area contributed by atoms with Crippen LogP contribution in [0.25, 0.3) is 0 Å². The predicted octanol–water partition coefficient (Wildman–Crippen LogP) is 3.26. The molecule has 1 amide bonds. The molecule has 3 aromatic rings. The number of aryl methyl sites for hydroxylation is 2. The summed E-state index contributed by atoms with van der Waals surface area (Å²) in [7, 11) is 0. The lowest BCUT2D eigenvalue weighted by atomic mass is 10.2. The van der Waals surface area contributed by atoms with Gasteiger partial charge in [0.05, 0.1) is 36.6 Å². The van der Waals surface area contributed by atoms with E-state index in [0.29, 0.717) is 34.2 Å². The average molecular weight is 420 g/mol. The van der Waals surface area contributed by atoms with E-state index in [0.717, 1.165) is 0 Å². The molecular weight excluding hydrogens is 401 g/mol. The van der Waals surface area contributed by atoms with E-state index >= 15 is 0 Å². The van der Waals surface area contributed by atoms with Crippen molar-refractivity contribution in [3.8, 4) is 0 Å². The summed E-state index contributed by atoms with van der Waals surface area (Å²) in [6, 6.07) is 5.68. The van der Waals surface area contributed by atoms with Gasteiger partial charge in [-0.1, -0.05) is 17.7 Å². The molecule has 0 saturated heterocycles. The highest BCUT2D eigenvalue weighted by Crippen LogP contribution is 2.24. The third-order valence-electron chi connectivity index (χ3n) is 4.44. The van der Waals surface area contributed by atoms with Crippen molar-refractivity contribution in [2.45, 2.75) is 33.4 Å². The van der Waals surface area contributed by atoms with Crippen LogP contribution < -0.4 is 5.32 Å². The van der Waals surface area contributed by atoms with E-state index < -0.39 is 17.7 Å². The van der Waals surface area contributed by atoms with Gasteiger partial charge < -0.3 is 10.4 Å². The largest absolute Gasteiger partial charge is 0.481 e. The summed E-state index contributed by atoms with van der Waals surface area (Å²) < 4.78 is 16.3. The van der Waals surface area contributed by atoms with Crippen LogP contribution in [-0.4, -0.2) is 36.5 Å². The van der Waals surface area contributed by atoms with E-state index in [2.05, 4.69) is 15.5 Å². The average Bonchev–Trinajstić information content (AvgIpc) is 3.22. The molecule has 0 spiro atoms.